The summed E-state index contributed by atoms with van der Waals surface area (Å²) in [5.74, 6) is 0.121. The minimum atomic E-state index is -0.256. The summed E-state index contributed by atoms with van der Waals surface area (Å²) in [7, 11) is 1.70. The molecular weight excluding hydrogens is 328 g/mol. The molecule has 0 saturated carbocycles. The number of aromatic nitrogens is 1. The number of hydrogen-bond donors (Lipinski definition) is 3. The van der Waals surface area contributed by atoms with E-state index in [1.807, 2.05) is 25.1 Å². The third kappa shape index (κ3) is 4.70. The van der Waals surface area contributed by atoms with E-state index in [9.17, 15) is 9.59 Å². The molecule has 1 aromatic carbocycles. The Labute approximate surface area is 145 Å². The maximum absolute atomic E-state index is 12.4. The topological polar surface area (TPSA) is 83.1 Å². The van der Waals surface area contributed by atoms with Crippen LogP contribution < -0.4 is 16.0 Å². The summed E-state index contributed by atoms with van der Waals surface area (Å²) < 4.78 is 0. The highest BCUT2D eigenvalue weighted by atomic mass is 35.5. The van der Waals surface area contributed by atoms with Crippen LogP contribution in [-0.2, 0) is 4.79 Å². The molecule has 0 spiro atoms. The Bertz CT molecular complexity index is 764. The van der Waals surface area contributed by atoms with Gasteiger partial charge in [-0.1, -0.05) is 23.7 Å². The molecule has 24 heavy (non-hydrogen) atoms. The first-order valence-corrected chi connectivity index (χ1v) is 7.80. The maximum Gasteiger partial charge on any atom is 0.251 e. The SMILES string of the molecule is CNc1cc(C(=O)N[C@@H](C)c2cccc(NC(C)=O)c2)cc(Cl)n1. The fraction of sp³-hybridized carbons (Fsp3) is 0.235. The summed E-state index contributed by atoms with van der Waals surface area (Å²) in [5, 5.41) is 8.73. The quantitative estimate of drug-likeness (QED) is 0.726. The molecule has 0 aliphatic rings. The van der Waals surface area contributed by atoms with Crippen LogP contribution in [0.3, 0.4) is 0 Å². The Balaban J connectivity index is 2.14. The van der Waals surface area contributed by atoms with Crippen molar-refractivity contribution in [2.45, 2.75) is 19.9 Å². The molecule has 0 saturated heterocycles. The van der Waals surface area contributed by atoms with Gasteiger partial charge in [-0.3, -0.25) is 9.59 Å². The highest BCUT2D eigenvalue weighted by molar-refractivity contribution is 6.29. The van der Waals surface area contributed by atoms with E-state index in [-0.39, 0.29) is 23.0 Å². The van der Waals surface area contributed by atoms with Crippen molar-refractivity contribution in [3.05, 3.63) is 52.7 Å². The fourth-order valence-electron chi connectivity index (χ4n) is 2.21. The molecule has 0 aliphatic carbocycles. The van der Waals surface area contributed by atoms with Crippen molar-refractivity contribution >= 4 is 34.9 Å². The molecule has 3 N–H and O–H groups in total. The minimum absolute atomic E-state index is 0.144. The van der Waals surface area contributed by atoms with Gasteiger partial charge in [-0.25, -0.2) is 4.98 Å². The van der Waals surface area contributed by atoms with Gasteiger partial charge in [-0.2, -0.15) is 0 Å². The molecule has 2 amide bonds. The van der Waals surface area contributed by atoms with Crippen LogP contribution in [0, 0.1) is 0 Å². The van der Waals surface area contributed by atoms with E-state index in [0.29, 0.717) is 17.1 Å². The third-order valence-electron chi connectivity index (χ3n) is 3.37. The molecule has 2 aromatic rings. The lowest BCUT2D eigenvalue weighted by atomic mass is 10.1. The Hall–Kier alpha value is -2.60. The summed E-state index contributed by atoms with van der Waals surface area (Å²) >= 11 is 5.92. The lowest BCUT2D eigenvalue weighted by molar-refractivity contribution is -0.114. The van der Waals surface area contributed by atoms with Crippen molar-refractivity contribution in [1.29, 1.82) is 0 Å². The summed E-state index contributed by atoms with van der Waals surface area (Å²) in [5.41, 5.74) is 1.98. The van der Waals surface area contributed by atoms with Gasteiger partial charge in [0.2, 0.25) is 5.91 Å². The van der Waals surface area contributed by atoms with Crippen molar-refractivity contribution in [3.8, 4) is 0 Å². The zero-order chi connectivity index (χ0) is 17.7. The van der Waals surface area contributed by atoms with E-state index in [2.05, 4.69) is 20.9 Å². The third-order valence-corrected chi connectivity index (χ3v) is 3.56. The van der Waals surface area contributed by atoms with E-state index in [1.54, 1.807) is 19.2 Å². The molecule has 7 heteroatoms. The minimum Gasteiger partial charge on any atom is -0.373 e. The normalized spacial score (nSPS) is 11.5. The van der Waals surface area contributed by atoms with Crippen LogP contribution in [0.4, 0.5) is 11.5 Å². The number of carbonyl (C=O) groups is 2. The summed E-state index contributed by atoms with van der Waals surface area (Å²) in [4.78, 5) is 27.6. The van der Waals surface area contributed by atoms with Gasteiger partial charge in [0.15, 0.2) is 0 Å². The van der Waals surface area contributed by atoms with Gasteiger partial charge in [-0.15, -0.1) is 0 Å². The van der Waals surface area contributed by atoms with Gasteiger partial charge < -0.3 is 16.0 Å². The molecule has 6 nitrogen and oxygen atoms in total. The van der Waals surface area contributed by atoms with Crippen LogP contribution in [0.1, 0.15) is 35.8 Å². The van der Waals surface area contributed by atoms with Gasteiger partial charge in [0.25, 0.3) is 5.91 Å². The average Bonchev–Trinajstić information content (AvgIpc) is 2.53. The largest absolute Gasteiger partial charge is 0.373 e. The van der Waals surface area contributed by atoms with Gasteiger partial charge >= 0.3 is 0 Å². The van der Waals surface area contributed by atoms with Crippen molar-refractivity contribution < 1.29 is 9.59 Å². The fourth-order valence-corrected chi connectivity index (χ4v) is 2.42. The number of pyridine rings is 1. The Kier molecular flexibility index (Phi) is 5.76. The zero-order valence-corrected chi connectivity index (χ0v) is 14.4. The highest BCUT2D eigenvalue weighted by Gasteiger charge is 2.14. The van der Waals surface area contributed by atoms with Crippen LogP contribution in [0.2, 0.25) is 5.15 Å². The second-order valence-corrected chi connectivity index (χ2v) is 5.70. The van der Waals surface area contributed by atoms with E-state index < -0.39 is 0 Å². The molecule has 0 aliphatic heterocycles. The van der Waals surface area contributed by atoms with Crippen molar-refractivity contribution in [2.24, 2.45) is 0 Å². The number of benzene rings is 1. The molecule has 1 aromatic heterocycles. The lowest BCUT2D eigenvalue weighted by Crippen LogP contribution is -2.27. The predicted octanol–water partition coefficient (Wildman–Crippen LogP) is 3.23. The second kappa shape index (κ2) is 7.79. The van der Waals surface area contributed by atoms with E-state index in [1.165, 1.54) is 13.0 Å². The standard InChI is InChI=1S/C17H19ClN4O2/c1-10(12-5-4-6-14(7-12)21-11(2)23)20-17(24)13-8-15(18)22-16(9-13)19-3/h4-10H,1-3H3,(H,19,22)(H,20,24)(H,21,23)/t10-/m0/s1. The van der Waals surface area contributed by atoms with Gasteiger partial charge in [0.05, 0.1) is 6.04 Å². The lowest BCUT2D eigenvalue weighted by Gasteiger charge is -2.16. The molecule has 0 fully saturated rings. The average molecular weight is 347 g/mol. The molecule has 0 unspecified atom stereocenters. The number of nitrogens with zero attached hydrogens (tertiary/aromatic N) is 1. The van der Waals surface area contributed by atoms with Crippen LogP contribution >= 0.6 is 11.6 Å². The van der Waals surface area contributed by atoms with E-state index in [4.69, 9.17) is 11.6 Å². The van der Waals surface area contributed by atoms with E-state index in [0.717, 1.165) is 5.56 Å². The monoisotopic (exact) mass is 346 g/mol. The molecule has 126 valence electrons. The first kappa shape index (κ1) is 17.7. The number of anilines is 2. The van der Waals surface area contributed by atoms with Gasteiger partial charge in [-0.05, 0) is 36.8 Å². The first-order valence-electron chi connectivity index (χ1n) is 7.43. The molecule has 2 rings (SSSR count). The number of amides is 2. The summed E-state index contributed by atoms with van der Waals surface area (Å²) in [6, 6.07) is 10.2. The molecule has 1 atom stereocenters. The van der Waals surface area contributed by atoms with Crippen molar-refractivity contribution in [2.75, 3.05) is 17.7 Å². The van der Waals surface area contributed by atoms with Crippen molar-refractivity contribution in [1.82, 2.24) is 10.3 Å². The van der Waals surface area contributed by atoms with Crippen LogP contribution in [-0.4, -0.2) is 23.8 Å². The Morgan fingerprint density at radius 2 is 1.96 bits per heavy atom. The van der Waals surface area contributed by atoms with Gasteiger partial charge in [0.1, 0.15) is 11.0 Å². The number of nitrogens with one attached hydrogen (secondary N) is 3. The first-order chi connectivity index (χ1) is 11.4. The number of halogens is 1. The Morgan fingerprint density at radius 3 is 2.62 bits per heavy atom. The smallest absolute Gasteiger partial charge is 0.251 e. The van der Waals surface area contributed by atoms with Crippen LogP contribution in [0.5, 0.6) is 0 Å². The summed E-state index contributed by atoms with van der Waals surface area (Å²) in [6.45, 7) is 3.32. The second-order valence-electron chi connectivity index (χ2n) is 5.32. The number of hydrogen-bond acceptors (Lipinski definition) is 4. The summed E-state index contributed by atoms with van der Waals surface area (Å²) in [6.07, 6.45) is 0. The molecular formula is C17H19ClN4O2. The predicted molar refractivity (Wildman–Crippen MR) is 95.4 cm³/mol. The molecule has 0 radical (unpaired) electrons. The highest BCUT2D eigenvalue weighted by Crippen LogP contribution is 2.19. The Morgan fingerprint density at radius 1 is 1.21 bits per heavy atom. The molecule has 1 heterocycles. The number of rotatable bonds is 5. The molecule has 0 bridgehead atoms. The van der Waals surface area contributed by atoms with Crippen LogP contribution in [0.25, 0.3) is 0 Å². The zero-order valence-electron chi connectivity index (χ0n) is 13.7. The van der Waals surface area contributed by atoms with Gasteiger partial charge in [0, 0.05) is 25.2 Å². The maximum atomic E-state index is 12.4. The number of carbonyl (C=O) groups excluding carboxylic acids is 2. The van der Waals surface area contributed by atoms with E-state index >= 15 is 0 Å². The van der Waals surface area contributed by atoms with Crippen LogP contribution in [0.15, 0.2) is 36.4 Å². The van der Waals surface area contributed by atoms with Crippen molar-refractivity contribution in [3.63, 3.8) is 0 Å².